The third-order valence-electron chi connectivity index (χ3n) is 4.74. The van der Waals surface area contributed by atoms with Gasteiger partial charge in [0.25, 0.3) is 0 Å². The van der Waals surface area contributed by atoms with Crippen LogP contribution in [0.1, 0.15) is 25.5 Å². The molecular formula is C21H28N8O. The third kappa shape index (κ3) is 4.69. The molecule has 1 aliphatic rings. The molecule has 1 saturated heterocycles. The quantitative estimate of drug-likeness (QED) is 0.202. The number of benzene rings is 1. The Balaban J connectivity index is 1.79. The average Bonchev–Trinajstić information content (AvgIpc) is 3.20. The number of rotatable bonds is 8. The molecular weight excluding hydrogens is 380 g/mol. The molecule has 0 bridgehead atoms. The second-order valence-electron chi connectivity index (χ2n) is 7.23. The summed E-state index contributed by atoms with van der Waals surface area (Å²) in [5.41, 5.74) is 11.6. The van der Waals surface area contributed by atoms with Crippen LogP contribution in [0.4, 0.5) is 5.69 Å². The first-order valence-electron chi connectivity index (χ1n) is 9.64. The van der Waals surface area contributed by atoms with Gasteiger partial charge in [0.2, 0.25) is 0 Å². The van der Waals surface area contributed by atoms with Crippen LogP contribution in [0.3, 0.4) is 0 Å². The first kappa shape index (κ1) is 21.1. The van der Waals surface area contributed by atoms with Crippen molar-refractivity contribution in [2.75, 3.05) is 18.5 Å². The molecule has 1 aromatic carbocycles. The summed E-state index contributed by atoms with van der Waals surface area (Å²) < 4.78 is 7.77. The van der Waals surface area contributed by atoms with Crippen molar-refractivity contribution in [3.63, 3.8) is 0 Å². The van der Waals surface area contributed by atoms with Crippen LogP contribution >= 0.6 is 0 Å². The maximum atomic E-state index is 6.39. The van der Waals surface area contributed by atoms with E-state index >= 15 is 0 Å². The molecule has 0 amide bonds. The third-order valence-corrected chi connectivity index (χ3v) is 4.74. The van der Waals surface area contributed by atoms with Crippen LogP contribution in [0.5, 0.6) is 5.75 Å². The monoisotopic (exact) mass is 408 g/mol. The number of hydrogen-bond donors (Lipinski definition) is 3. The lowest BCUT2D eigenvalue weighted by atomic mass is 10.0. The van der Waals surface area contributed by atoms with Gasteiger partial charge in [-0.1, -0.05) is 13.2 Å². The molecule has 0 unspecified atom stereocenters. The molecule has 1 fully saturated rings. The Morgan fingerprint density at radius 1 is 1.33 bits per heavy atom. The van der Waals surface area contributed by atoms with Crippen molar-refractivity contribution < 1.29 is 4.74 Å². The van der Waals surface area contributed by atoms with Gasteiger partial charge in [-0.15, -0.1) is 10.2 Å². The molecule has 1 aromatic heterocycles. The fraction of sp³-hybridized carbons (Fsp3) is 0.286. The van der Waals surface area contributed by atoms with Gasteiger partial charge in [0.15, 0.2) is 0 Å². The van der Waals surface area contributed by atoms with E-state index in [1.54, 1.807) is 18.7 Å². The van der Waals surface area contributed by atoms with Gasteiger partial charge in [0.1, 0.15) is 24.2 Å². The Labute approximate surface area is 176 Å². The van der Waals surface area contributed by atoms with Gasteiger partial charge in [0, 0.05) is 36.6 Å². The molecule has 2 heterocycles. The van der Waals surface area contributed by atoms with Crippen molar-refractivity contribution in [2.45, 2.75) is 26.0 Å². The van der Waals surface area contributed by atoms with E-state index in [2.05, 4.69) is 38.7 Å². The Morgan fingerprint density at radius 3 is 2.63 bits per heavy atom. The second-order valence-corrected chi connectivity index (χ2v) is 7.23. The minimum atomic E-state index is 0.0482. The topological polar surface area (TPSA) is 120 Å². The number of nitrogens with zero attached hydrogens (tertiary/aromatic N) is 5. The predicted molar refractivity (Wildman–Crippen MR) is 120 cm³/mol. The number of nitrogen functional groups attached to an aromatic ring is 1. The molecule has 30 heavy (non-hydrogen) atoms. The van der Waals surface area contributed by atoms with E-state index < -0.39 is 0 Å². The number of hydrogen-bond acceptors (Lipinski definition) is 7. The normalized spacial score (nSPS) is 15.1. The smallest absolute Gasteiger partial charge is 0.130 e. The van der Waals surface area contributed by atoms with Gasteiger partial charge in [-0.25, -0.2) is 4.99 Å². The van der Waals surface area contributed by atoms with Crippen molar-refractivity contribution in [1.29, 1.82) is 0 Å². The number of allylic oxidation sites excluding steroid dienone is 1. The van der Waals surface area contributed by atoms with Crippen LogP contribution in [0, 0.1) is 0 Å². The van der Waals surface area contributed by atoms with Crippen molar-refractivity contribution in [3.05, 3.63) is 67.5 Å². The van der Waals surface area contributed by atoms with E-state index in [0.29, 0.717) is 34.6 Å². The lowest BCUT2D eigenvalue weighted by molar-refractivity contribution is 0.193. The standard InChI is InChI=1S/C21H28N8O/c1-5-24-21(28-10-16(11-28)29-12-25-26-13-29)9-19(22)15(4)18-8-17(30-14(2)3)6-7-20(18)27-23/h5-9,12-14,16,27H,1,4,10-11,22-23H2,2-3H3/b19-9-,24-21?. The summed E-state index contributed by atoms with van der Waals surface area (Å²) in [4.78, 5) is 6.48. The highest BCUT2D eigenvalue weighted by atomic mass is 16.5. The first-order chi connectivity index (χ1) is 14.4. The Bertz CT molecular complexity index is 955. The van der Waals surface area contributed by atoms with Gasteiger partial charge in [0.05, 0.1) is 17.8 Å². The first-order valence-corrected chi connectivity index (χ1v) is 9.64. The summed E-state index contributed by atoms with van der Waals surface area (Å²) in [5, 5.41) is 7.71. The minimum absolute atomic E-state index is 0.0482. The van der Waals surface area contributed by atoms with Crippen LogP contribution < -0.4 is 21.7 Å². The van der Waals surface area contributed by atoms with Crippen molar-refractivity contribution in [2.24, 2.45) is 16.6 Å². The van der Waals surface area contributed by atoms with E-state index in [4.69, 9.17) is 16.3 Å². The van der Waals surface area contributed by atoms with E-state index in [-0.39, 0.29) is 6.10 Å². The van der Waals surface area contributed by atoms with E-state index in [1.165, 1.54) is 6.20 Å². The molecule has 0 atom stereocenters. The molecule has 2 aromatic rings. The number of aromatic nitrogens is 3. The number of ether oxygens (including phenoxy) is 1. The highest BCUT2D eigenvalue weighted by molar-refractivity contribution is 5.98. The molecule has 0 spiro atoms. The lowest BCUT2D eigenvalue weighted by Crippen LogP contribution is -2.50. The highest BCUT2D eigenvalue weighted by Crippen LogP contribution is 2.30. The summed E-state index contributed by atoms with van der Waals surface area (Å²) in [6, 6.07) is 5.85. The molecule has 9 nitrogen and oxygen atoms in total. The fourth-order valence-electron chi connectivity index (χ4n) is 3.16. The molecule has 3 rings (SSSR count). The molecule has 0 aliphatic carbocycles. The van der Waals surface area contributed by atoms with Gasteiger partial charge >= 0.3 is 0 Å². The summed E-state index contributed by atoms with van der Waals surface area (Å²) in [7, 11) is 0. The zero-order chi connectivity index (χ0) is 21.7. The molecule has 9 heteroatoms. The predicted octanol–water partition coefficient (Wildman–Crippen LogP) is 2.31. The van der Waals surface area contributed by atoms with Crippen LogP contribution in [-0.2, 0) is 0 Å². The zero-order valence-corrected chi connectivity index (χ0v) is 17.3. The largest absolute Gasteiger partial charge is 0.491 e. The minimum Gasteiger partial charge on any atom is -0.491 e. The number of nitrogens with one attached hydrogen (secondary N) is 1. The lowest BCUT2D eigenvalue weighted by Gasteiger charge is -2.41. The van der Waals surface area contributed by atoms with Gasteiger partial charge in [-0.3, -0.25) is 5.84 Å². The summed E-state index contributed by atoms with van der Waals surface area (Å²) in [6.45, 7) is 13.4. The Kier molecular flexibility index (Phi) is 6.53. The van der Waals surface area contributed by atoms with Crippen LogP contribution in [0.15, 0.2) is 67.0 Å². The van der Waals surface area contributed by atoms with Crippen molar-refractivity contribution in [3.8, 4) is 5.75 Å². The maximum absolute atomic E-state index is 6.39. The molecule has 158 valence electrons. The van der Waals surface area contributed by atoms with E-state index in [0.717, 1.165) is 18.7 Å². The Morgan fingerprint density at radius 2 is 2.03 bits per heavy atom. The van der Waals surface area contributed by atoms with Crippen LogP contribution in [-0.4, -0.2) is 44.7 Å². The summed E-state index contributed by atoms with van der Waals surface area (Å²) >= 11 is 0. The van der Waals surface area contributed by atoms with Crippen molar-refractivity contribution >= 4 is 17.1 Å². The highest BCUT2D eigenvalue weighted by Gasteiger charge is 2.30. The molecule has 0 saturated carbocycles. The van der Waals surface area contributed by atoms with Crippen LogP contribution in [0.25, 0.3) is 5.57 Å². The molecule has 5 N–H and O–H groups in total. The van der Waals surface area contributed by atoms with Crippen molar-refractivity contribution in [1.82, 2.24) is 19.7 Å². The number of likely N-dealkylation sites (tertiary alicyclic amines) is 1. The van der Waals surface area contributed by atoms with Crippen LogP contribution in [0.2, 0.25) is 0 Å². The molecule has 0 radical (unpaired) electrons. The number of aliphatic imine (C=N–C) groups is 1. The van der Waals surface area contributed by atoms with Gasteiger partial charge in [-0.05, 0) is 37.6 Å². The maximum Gasteiger partial charge on any atom is 0.130 e. The number of amidine groups is 1. The van der Waals surface area contributed by atoms with Gasteiger partial charge < -0.3 is 25.4 Å². The second kappa shape index (κ2) is 9.27. The average molecular weight is 409 g/mol. The fourth-order valence-corrected chi connectivity index (χ4v) is 3.16. The summed E-state index contributed by atoms with van der Waals surface area (Å²) in [5.74, 6) is 7.11. The van der Waals surface area contributed by atoms with Gasteiger partial charge in [-0.2, -0.15) is 0 Å². The molecule has 1 aliphatic heterocycles. The number of nitrogens with two attached hydrogens (primary N) is 2. The number of anilines is 1. The zero-order valence-electron chi connectivity index (χ0n) is 17.3. The van der Waals surface area contributed by atoms with E-state index in [9.17, 15) is 0 Å². The van der Waals surface area contributed by atoms with E-state index in [1.807, 2.05) is 36.6 Å². The SMILES string of the molecule is C=CN=C(/C=C(\N)C(=C)c1cc(OC(C)C)ccc1NN)N1CC(n2cnnc2)C1. The Hall–Kier alpha value is -3.59. The summed E-state index contributed by atoms with van der Waals surface area (Å²) in [6.07, 6.45) is 6.77. The number of hydrazine groups is 1.